The summed E-state index contributed by atoms with van der Waals surface area (Å²) in [6, 6.07) is 0. The summed E-state index contributed by atoms with van der Waals surface area (Å²) in [6.07, 6.45) is 5.71. The first kappa shape index (κ1) is 22.6. The molecule has 2 saturated carbocycles. The van der Waals surface area contributed by atoms with Gasteiger partial charge in [0.2, 0.25) is 0 Å². The predicted octanol–water partition coefficient (Wildman–Crippen LogP) is 3.43. The molecular formula is C24H36O7. The Hall–Kier alpha value is -1.63. The second kappa shape index (κ2) is 8.05. The van der Waals surface area contributed by atoms with Crippen LogP contribution in [-0.2, 0) is 33.3 Å². The van der Waals surface area contributed by atoms with E-state index in [0.717, 1.165) is 38.5 Å². The summed E-state index contributed by atoms with van der Waals surface area (Å²) < 4.78 is 22.9. The van der Waals surface area contributed by atoms with Gasteiger partial charge < -0.3 is 18.9 Å². The lowest BCUT2D eigenvalue weighted by molar-refractivity contribution is -0.229. The number of hydrogen-bond acceptors (Lipinski definition) is 7. The Morgan fingerprint density at radius 1 is 1.23 bits per heavy atom. The molecule has 0 N–H and O–H groups in total. The number of cyclic esters (lactones) is 1. The van der Waals surface area contributed by atoms with Gasteiger partial charge in [-0.25, -0.2) is 0 Å². The Morgan fingerprint density at radius 2 is 1.97 bits per heavy atom. The van der Waals surface area contributed by atoms with E-state index in [1.54, 1.807) is 0 Å². The maximum atomic E-state index is 12.1. The maximum absolute atomic E-state index is 12.1. The molecule has 4 fully saturated rings. The second-order valence-corrected chi connectivity index (χ2v) is 10.6. The fraction of sp³-hybridized carbons (Fsp3) is 0.875. The first-order valence-corrected chi connectivity index (χ1v) is 11.7. The van der Waals surface area contributed by atoms with Gasteiger partial charge in [0.25, 0.3) is 0 Å². The van der Waals surface area contributed by atoms with Crippen LogP contribution in [0, 0.1) is 28.6 Å². The summed E-state index contributed by atoms with van der Waals surface area (Å²) in [5.41, 5.74) is -0.965. The topological polar surface area (TPSA) is 91.4 Å². The van der Waals surface area contributed by atoms with E-state index in [0.29, 0.717) is 25.6 Å². The highest BCUT2D eigenvalue weighted by Crippen LogP contribution is 2.69. The summed E-state index contributed by atoms with van der Waals surface area (Å²) in [7, 11) is 0. The average Bonchev–Trinajstić information content (AvgIpc) is 3.35. The summed E-state index contributed by atoms with van der Waals surface area (Å²) in [6.45, 7) is 8.82. The number of rotatable bonds is 6. The van der Waals surface area contributed by atoms with Crippen molar-refractivity contribution >= 4 is 17.9 Å². The fourth-order valence-corrected chi connectivity index (χ4v) is 7.06. The zero-order valence-electron chi connectivity index (χ0n) is 19.2. The Morgan fingerprint density at radius 3 is 2.55 bits per heavy atom. The lowest BCUT2D eigenvalue weighted by Gasteiger charge is -2.63. The molecule has 0 aromatic heterocycles. The molecule has 0 bridgehead atoms. The zero-order chi connectivity index (χ0) is 22.4. The third-order valence-electron chi connectivity index (χ3n) is 8.95. The fourth-order valence-electron chi connectivity index (χ4n) is 7.06. The van der Waals surface area contributed by atoms with Gasteiger partial charge in [0.05, 0.1) is 25.0 Å². The number of esters is 3. The van der Waals surface area contributed by atoms with Crippen molar-refractivity contribution in [3.8, 4) is 0 Å². The lowest BCUT2D eigenvalue weighted by atomic mass is 9.43. The molecule has 4 rings (SSSR count). The van der Waals surface area contributed by atoms with Crippen LogP contribution in [0.2, 0.25) is 0 Å². The number of hydrogen-bond donors (Lipinski definition) is 0. The third-order valence-corrected chi connectivity index (χ3v) is 8.95. The molecule has 0 unspecified atom stereocenters. The van der Waals surface area contributed by atoms with Crippen LogP contribution in [0.5, 0.6) is 0 Å². The Kier molecular flexibility index (Phi) is 5.86. The average molecular weight is 437 g/mol. The van der Waals surface area contributed by atoms with Crippen LogP contribution in [0.3, 0.4) is 0 Å². The van der Waals surface area contributed by atoms with Gasteiger partial charge in [-0.1, -0.05) is 20.3 Å². The first-order chi connectivity index (χ1) is 14.6. The number of carbonyl (C=O) groups excluding carboxylic acids is 3. The SMILES string of the molecule is CC(=O)OC[C@@]12[C@@H](OC(C)=O)C[C@@H](C)[C@](C)(CC[C@H]3COC(=O)C3)[C@H]1CCC[C@]21CO1. The highest BCUT2D eigenvalue weighted by Gasteiger charge is 2.74. The molecule has 7 nitrogen and oxygen atoms in total. The smallest absolute Gasteiger partial charge is 0.306 e. The molecule has 2 aliphatic carbocycles. The summed E-state index contributed by atoms with van der Waals surface area (Å²) in [5, 5.41) is 0. The van der Waals surface area contributed by atoms with Crippen molar-refractivity contribution in [2.24, 2.45) is 28.6 Å². The van der Waals surface area contributed by atoms with Gasteiger partial charge in [-0.3, -0.25) is 14.4 Å². The third kappa shape index (κ3) is 3.77. The molecule has 0 aromatic carbocycles. The van der Waals surface area contributed by atoms with Crippen molar-refractivity contribution in [3.05, 3.63) is 0 Å². The van der Waals surface area contributed by atoms with Gasteiger partial charge in [0.1, 0.15) is 18.3 Å². The van der Waals surface area contributed by atoms with E-state index < -0.39 is 5.41 Å². The lowest BCUT2D eigenvalue weighted by Crippen LogP contribution is -2.67. The van der Waals surface area contributed by atoms with Gasteiger partial charge in [-0.05, 0) is 49.4 Å². The number of ether oxygens (including phenoxy) is 4. The standard InChI is InChI=1S/C24H36O7/c1-15-10-20(31-17(3)26)24(14-29-16(2)25)19(6-5-8-23(24)13-30-23)22(15,4)9-7-18-11-21(27)28-12-18/h15,18-20H,5-14H2,1-4H3/t15-,18-,19-,20+,22+,23+,24+/m1/s1. The van der Waals surface area contributed by atoms with Crippen LogP contribution >= 0.6 is 0 Å². The van der Waals surface area contributed by atoms with Crippen molar-refractivity contribution in [1.82, 2.24) is 0 Å². The zero-order valence-corrected chi connectivity index (χ0v) is 19.2. The number of carbonyl (C=O) groups is 3. The van der Waals surface area contributed by atoms with E-state index in [9.17, 15) is 14.4 Å². The van der Waals surface area contributed by atoms with Crippen molar-refractivity contribution in [1.29, 1.82) is 0 Å². The molecule has 0 amide bonds. The molecule has 0 aromatic rings. The quantitative estimate of drug-likeness (QED) is 0.358. The van der Waals surface area contributed by atoms with Gasteiger partial charge in [-0.2, -0.15) is 0 Å². The summed E-state index contributed by atoms with van der Waals surface area (Å²) in [5.74, 6) is 0.0537. The highest BCUT2D eigenvalue weighted by atomic mass is 16.6. The van der Waals surface area contributed by atoms with E-state index in [2.05, 4.69) is 13.8 Å². The second-order valence-electron chi connectivity index (χ2n) is 10.6. The van der Waals surface area contributed by atoms with E-state index >= 15 is 0 Å². The minimum atomic E-state index is -0.536. The molecule has 2 aliphatic heterocycles. The van der Waals surface area contributed by atoms with E-state index in [4.69, 9.17) is 18.9 Å². The molecule has 7 heteroatoms. The first-order valence-electron chi connectivity index (χ1n) is 11.7. The summed E-state index contributed by atoms with van der Waals surface area (Å²) >= 11 is 0. The molecule has 2 heterocycles. The molecule has 174 valence electrons. The van der Waals surface area contributed by atoms with Crippen LogP contribution in [0.1, 0.15) is 72.6 Å². The minimum absolute atomic E-state index is 0.0399. The van der Waals surface area contributed by atoms with Crippen molar-refractivity contribution in [2.75, 3.05) is 19.8 Å². The molecule has 2 saturated heterocycles. The van der Waals surface area contributed by atoms with Gasteiger partial charge in [0, 0.05) is 19.8 Å². The normalized spacial score (nSPS) is 43.8. The molecule has 31 heavy (non-hydrogen) atoms. The van der Waals surface area contributed by atoms with Crippen LogP contribution in [-0.4, -0.2) is 49.4 Å². The Labute approximate surface area is 184 Å². The van der Waals surface area contributed by atoms with Crippen LogP contribution in [0.25, 0.3) is 0 Å². The monoisotopic (exact) mass is 436 g/mol. The molecular weight excluding hydrogens is 400 g/mol. The van der Waals surface area contributed by atoms with Gasteiger partial charge >= 0.3 is 17.9 Å². The number of epoxide rings is 1. The molecule has 7 atom stereocenters. The van der Waals surface area contributed by atoms with E-state index in [1.165, 1.54) is 13.8 Å². The van der Waals surface area contributed by atoms with Crippen molar-refractivity contribution in [2.45, 2.75) is 84.3 Å². The van der Waals surface area contributed by atoms with E-state index in [1.807, 2.05) is 0 Å². The van der Waals surface area contributed by atoms with Gasteiger partial charge in [0.15, 0.2) is 0 Å². The van der Waals surface area contributed by atoms with Crippen LogP contribution < -0.4 is 0 Å². The molecule has 1 spiro atoms. The maximum Gasteiger partial charge on any atom is 0.306 e. The summed E-state index contributed by atoms with van der Waals surface area (Å²) in [4.78, 5) is 35.5. The molecule has 4 aliphatic rings. The van der Waals surface area contributed by atoms with Gasteiger partial charge in [-0.15, -0.1) is 0 Å². The van der Waals surface area contributed by atoms with Crippen molar-refractivity contribution in [3.63, 3.8) is 0 Å². The Balaban J connectivity index is 1.69. The highest BCUT2D eigenvalue weighted by molar-refractivity contribution is 5.71. The number of fused-ring (bicyclic) bond motifs is 2. The predicted molar refractivity (Wildman–Crippen MR) is 111 cm³/mol. The Bertz CT molecular complexity index is 744. The van der Waals surface area contributed by atoms with Crippen molar-refractivity contribution < 1.29 is 33.3 Å². The van der Waals surface area contributed by atoms with E-state index in [-0.39, 0.29) is 53.5 Å². The molecule has 0 radical (unpaired) electrons. The van der Waals surface area contributed by atoms with Crippen LogP contribution in [0.4, 0.5) is 0 Å². The van der Waals surface area contributed by atoms with Crippen LogP contribution in [0.15, 0.2) is 0 Å². The largest absolute Gasteiger partial charge is 0.465 e. The minimum Gasteiger partial charge on any atom is -0.465 e.